The lowest BCUT2D eigenvalue weighted by Crippen LogP contribution is -2.34. The second-order valence-corrected chi connectivity index (χ2v) is 10.7. The van der Waals surface area contributed by atoms with Crippen LogP contribution in [-0.2, 0) is 23.2 Å². The van der Waals surface area contributed by atoms with Gasteiger partial charge in [-0.25, -0.2) is 13.4 Å². The number of hydrogen-bond donors (Lipinski definition) is 0. The Balaban J connectivity index is 1.74. The first-order valence-electron chi connectivity index (χ1n) is 9.94. The zero-order chi connectivity index (χ0) is 21.7. The molecule has 0 saturated carbocycles. The van der Waals surface area contributed by atoms with Crippen LogP contribution in [-0.4, -0.2) is 24.3 Å². The predicted molar refractivity (Wildman–Crippen MR) is 121 cm³/mol. The number of benzene rings is 2. The van der Waals surface area contributed by atoms with E-state index in [4.69, 9.17) is 4.74 Å². The van der Waals surface area contributed by atoms with Crippen molar-refractivity contribution in [2.75, 3.05) is 6.54 Å². The normalized spacial score (nSPS) is 11.9. The molecule has 0 aliphatic heterocycles. The first-order chi connectivity index (χ1) is 14.3. The van der Waals surface area contributed by atoms with Gasteiger partial charge in [0.25, 0.3) is 0 Å². The number of aryl methyl sites for hydroxylation is 2. The fourth-order valence-electron chi connectivity index (χ4n) is 3.04. The Labute approximate surface area is 183 Å². The molecule has 5 nitrogen and oxygen atoms in total. The van der Waals surface area contributed by atoms with E-state index in [1.54, 1.807) is 12.1 Å². The molecule has 160 valence electrons. The summed E-state index contributed by atoms with van der Waals surface area (Å²) in [6.07, 6.45) is 0. The van der Waals surface area contributed by atoms with E-state index in [0.29, 0.717) is 18.0 Å². The van der Waals surface area contributed by atoms with E-state index in [-0.39, 0.29) is 12.5 Å². The molecule has 0 amide bonds. The monoisotopic (exact) mass is 444 g/mol. The fourth-order valence-corrected chi connectivity index (χ4v) is 5.31. The highest BCUT2D eigenvalue weighted by atomic mass is 32.2. The van der Waals surface area contributed by atoms with Gasteiger partial charge in [0.1, 0.15) is 17.4 Å². The highest BCUT2D eigenvalue weighted by Crippen LogP contribution is 2.23. The fraction of sp³-hybridized carbons (Fsp3) is 0.348. The van der Waals surface area contributed by atoms with Gasteiger partial charge in [-0.3, -0.25) is 0 Å². The molecule has 0 spiro atoms. The summed E-state index contributed by atoms with van der Waals surface area (Å²) in [7, 11) is -3.60. The molecule has 1 heterocycles. The first kappa shape index (κ1) is 22.5. The Hall–Kier alpha value is -2.22. The number of rotatable bonds is 9. The molecule has 3 aromatic rings. The molecule has 2 aromatic carbocycles. The van der Waals surface area contributed by atoms with Crippen molar-refractivity contribution in [2.24, 2.45) is 5.92 Å². The van der Waals surface area contributed by atoms with Crippen molar-refractivity contribution in [3.63, 3.8) is 0 Å². The van der Waals surface area contributed by atoms with Gasteiger partial charge in [0.2, 0.25) is 10.0 Å². The van der Waals surface area contributed by atoms with Crippen molar-refractivity contribution >= 4 is 21.4 Å². The second-order valence-electron chi connectivity index (χ2n) is 7.79. The van der Waals surface area contributed by atoms with Crippen LogP contribution in [0.4, 0.5) is 0 Å². The molecule has 7 heteroatoms. The minimum atomic E-state index is -3.60. The summed E-state index contributed by atoms with van der Waals surface area (Å²) in [6, 6.07) is 14.8. The molecular formula is C23H28N2O3S2. The standard InChI is InChI=1S/C23H28N2O3S2/c1-17(2)13-25(30(26,27)21-11-9-18(3)10-12-21)14-20-16-29-23(24-20)15-28-22-8-6-5-7-19(22)4/h5-12,16-17H,13-15H2,1-4H3. The molecule has 0 aliphatic rings. The maximum Gasteiger partial charge on any atom is 0.243 e. The van der Waals surface area contributed by atoms with Crippen LogP contribution in [0.2, 0.25) is 0 Å². The van der Waals surface area contributed by atoms with Crippen LogP contribution in [0.15, 0.2) is 58.8 Å². The SMILES string of the molecule is Cc1ccc(S(=O)(=O)N(Cc2csc(COc3ccccc3C)n2)CC(C)C)cc1. The van der Waals surface area contributed by atoms with Gasteiger partial charge in [-0.05, 0) is 43.5 Å². The average molecular weight is 445 g/mol. The molecule has 0 fully saturated rings. The Morgan fingerprint density at radius 1 is 1.07 bits per heavy atom. The van der Waals surface area contributed by atoms with Gasteiger partial charge in [-0.15, -0.1) is 11.3 Å². The number of aromatic nitrogens is 1. The smallest absolute Gasteiger partial charge is 0.243 e. The summed E-state index contributed by atoms with van der Waals surface area (Å²) >= 11 is 1.49. The van der Waals surface area contributed by atoms with Gasteiger partial charge in [0, 0.05) is 11.9 Å². The number of ether oxygens (including phenoxy) is 1. The largest absolute Gasteiger partial charge is 0.486 e. The van der Waals surface area contributed by atoms with Crippen molar-refractivity contribution in [1.82, 2.24) is 9.29 Å². The molecule has 0 atom stereocenters. The molecule has 30 heavy (non-hydrogen) atoms. The van der Waals surface area contributed by atoms with Gasteiger partial charge in [-0.1, -0.05) is 49.7 Å². The van der Waals surface area contributed by atoms with Crippen molar-refractivity contribution in [2.45, 2.75) is 45.7 Å². The molecule has 3 rings (SSSR count). The third-order valence-electron chi connectivity index (χ3n) is 4.61. The minimum absolute atomic E-state index is 0.202. The molecule has 0 unspecified atom stereocenters. The van der Waals surface area contributed by atoms with Crippen LogP contribution < -0.4 is 4.74 Å². The number of sulfonamides is 1. The molecule has 0 saturated heterocycles. The number of nitrogens with zero attached hydrogens (tertiary/aromatic N) is 2. The zero-order valence-electron chi connectivity index (χ0n) is 17.8. The van der Waals surface area contributed by atoms with Crippen LogP contribution in [0.5, 0.6) is 5.75 Å². The third-order valence-corrected chi connectivity index (χ3v) is 7.31. The summed E-state index contributed by atoms with van der Waals surface area (Å²) in [5.41, 5.74) is 2.84. The van der Waals surface area contributed by atoms with E-state index >= 15 is 0 Å². The van der Waals surface area contributed by atoms with Gasteiger partial charge in [-0.2, -0.15) is 4.31 Å². The average Bonchev–Trinajstić information content (AvgIpc) is 3.14. The van der Waals surface area contributed by atoms with Crippen molar-refractivity contribution in [3.05, 3.63) is 75.7 Å². The van der Waals surface area contributed by atoms with Crippen LogP contribution in [0.3, 0.4) is 0 Å². The third kappa shape index (κ3) is 5.68. The van der Waals surface area contributed by atoms with Crippen LogP contribution in [0, 0.1) is 19.8 Å². The van der Waals surface area contributed by atoms with Crippen molar-refractivity contribution in [1.29, 1.82) is 0 Å². The van der Waals surface area contributed by atoms with E-state index in [0.717, 1.165) is 27.6 Å². The maximum absolute atomic E-state index is 13.2. The highest BCUT2D eigenvalue weighted by Gasteiger charge is 2.26. The maximum atomic E-state index is 13.2. The zero-order valence-corrected chi connectivity index (χ0v) is 19.5. The highest BCUT2D eigenvalue weighted by molar-refractivity contribution is 7.89. The summed E-state index contributed by atoms with van der Waals surface area (Å²) in [5, 5.41) is 2.74. The quantitative estimate of drug-likeness (QED) is 0.456. The van der Waals surface area contributed by atoms with E-state index in [2.05, 4.69) is 4.98 Å². The summed E-state index contributed by atoms with van der Waals surface area (Å²) in [6.45, 7) is 9.02. The Morgan fingerprint density at radius 3 is 2.43 bits per heavy atom. The Morgan fingerprint density at radius 2 is 1.77 bits per heavy atom. The van der Waals surface area contributed by atoms with E-state index < -0.39 is 10.0 Å². The number of thiazole rings is 1. The number of hydrogen-bond acceptors (Lipinski definition) is 5. The van der Waals surface area contributed by atoms with Crippen LogP contribution >= 0.6 is 11.3 Å². The Kier molecular flexibility index (Phi) is 7.28. The van der Waals surface area contributed by atoms with Gasteiger partial charge >= 0.3 is 0 Å². The van der Waals surface area contributed by atoms with Crippen molar-refractivity contribution < 1.29 is 13.2 Å². The first-order valence-corrected chi connectivity index (χ1v) is 12.3. The Bertz CT molecular complexity index is 1070. The van der Waals surface area contributed by atoms with E-state index in [9.17, 15) is 8.42 Å². The van der Waals surface area contributed by atoms with Crippen molar-refractivity contribution in [3.8, 4) is 5.75 Å². The van der Waals surface area contributed by atoms with Crippen LogP contribution in [0.25, 0.3) is 0 Å². The molecule has 0 N–H and O–H groups in total. The van der Waals surface area contributed by atoms with Crippen LogP contribution in [0.1, 0.15) is 35.7 Å². The summed E-state index contributed by atoms with van der Waals surface area (Å²) in [4.78, 5) is 4.92. The van der Waals surface area contributed by atoms with Gasteiger partial charge in [0.05, 0.1) is 17.1 Å². The van der Waals surface area contributed by atoms with Gasteiger partial charge < -0.3 is 4.74 Å². The lowest BCUT2D eigenvalue weighted by atomic mass is 10.2. The lowest BCUT2D eigenvalue weighted by Gasteiger charge is -2.23. The molecule has 0 aliphatic carbocycles. The lowest BCUT2D eigenvalue weighted by molar-refractivity contribution is 0.302. The summed E-state index contributed by atoms with van der Waals surface area (Å²) < 4.78 is 33.8. The molecular weight excluding hydrogens is 416 g/mol. The molecule has 0 radical (unpaired) electrons. The summed E-state index contributed by atoms with van der Waals surface area (Å²) in [5.74, 6) is 1.03. The molecule has 1 aromatic heterocycles. The minimum Gasteiger partial charge on any atom is -0.486 e. The second kappa shape index (κ2) is 9.73. The predicted octanol–water partition coefficient (Wildman–Crippen LogP) is 5.19. The van der Waals surface area contributed by atoms with E-state index in [1.807, 2.05) is 69.5 Å². The topological polar surface area (TPSA) is 59.5 Å². The molecule has 0 bridgehead atoms. The van der Waals surface area contributed by atoms with E-state index in [1.165, 1.54) is 15.6 Å². The van der Waals surface area contributed by atoms with Gasteiger partial charge in [0.15, 0.2) is 0 Å². The number of para-hydroxylation sites is 1.